The molecule has 1 fully saturated rings. The van der Waals surface area contributed by atoms with Crippen molar-refractivity contribution in [2.75, 3.05) is 13.1 Å². The summed E-state index contributed by atoms with van der Waals surface area (Å²) in [6.45, 7) is 4.70. The molecule has 0 aromatic rings. The van der Waals surface area contributed by atoms with Crippen molar-refractivity contribution < 1.29 is 0 Å². The van der Waals surface area contributed by atoms with Gasteiger partial charge >= 0.3 is 0 Å². The molecule has 10 heavy (non-hydrogen) atoms. The molecule has 1 heterocycles. The van der Waals surface area contributed by atoms with Crippen LogP contribution in [0.1, 0.15) is 32.6 Å². The number of unbranched alkanes of at least 4 members (excludes halogenated alkanes) is 1. The highest BCUT2D eigenvalue weighted by Crippen LogP contribution is 2.17. The molecule has 59 valence electrons. The summed E-state index contributed by atoms with van der Waals surface area (Å²) in [4.78, 5) is 0. The molecule has 1 radical (unpaired) electrons. The van der Waals surface area contributed by atoms with Crippen LogP contribution in [-0.2, 0) is 0 Å². The standard InChI is InChI=1S/C9H18N/c1-2-3-4-9-5-7-10-8-6-9/h3,9-10H,2,4-8H2,1H3. The third kappa shape index (κ3) is 2.70. The lowest BCUT2D eigenvalue weighted by Crippen LogP contribution is -2.27. The van der Waals surface area contributed by atoms with E-state index in [1.807, 2.05) is 0 Å². The van der Waals surface area contributed by atoms with Gasteiger partial charge in [0.1, 0.15) is 0 Å². The summed E-state index contributed by atoms with van der Waals surface area (Å²) in [6.07, 6.45) is 7.77. The zero-order valence-corrected chi connectivity index (χ0v) is 6.90. The van der Waals surface area contributed by atoms with Gasteiger partial charge < -0.3 is 5.32 Å². The fraction of sp³-hybridized carbons (Fsp3) is 0.889. The Labute approximate surface area is 64.2 Å². The average molecular weight is 140 g/mol. The van der Waals surface area contributed by atoms with Gasteiger partial charge in [-0.25, -0.2) is 0 Å². The van der Waals surface area contributed by atoms with Crippen LogP contribution in [0.4, 0.5) is 0 Å². The average Bonchev–Trinajstić information content (AvgIpc) is 2.03. The van der Waals surface area contributed by atoms with Gasteiger partial charge in [0, 0.05) is 0 Å². The fourth-order valence-electron chi connectivity index (χ4n) is 1.52. The molecule has 0 aromatic carbocycles. The van der Waals surface area contributed by atoms with Crippen LogP contribution < -0.4 is 5.32 Å². The van der Waals surface area contributed by atoms with E-state index in [1.165, 1.54) is 38.8 Å². The third-order valence-corrected chi connectivity index (χ3v) is 2.25. The monoisotopic (exact) mass is 140 g/mol. The number of piperidine rings is 1. The first-order valence-corrected chi connectivity index (χ1v) is 4.46. The fourth-order valence-corrected chi connectivity index (χ4v) is 1.52. The predicted molar refractivity (Wildman–Crippen MR) is 44.8 cm³/mol. The second-order valence-corrected chi connectivity index (χ2v) is 3.13. The molecule has 0 aromatic heterocycles. The zero-order valence-electron chi connectivity index (χ0n) is 6.90. The Morgan fingerprint density at radius 3 is 2.70 bits per heavy atom. The molecule has 0 unspecified atom stereocenters. The zero-order chi connectivity index (χ0) is 7.23. The Balaban J connectivity index is 2.02. The van der Waals surface area contributed by atoms with E-state index in [0.29, 0.717) is 0 Å². The molecule has 1 N–H and O–H groups in total. The van der Waals surface area contributed by atoms with Crippen molar-refractivity contribution in [1.82, 2.24) is 5.32 Å². The van der Waals surface area contributed by atoms with E-state index < -0.39 is 0 Å². The summed E-state index contributed by atoms with van der Waals surface area (Å²) in [5.74, 6) is 0.987. The summed E-state index contributed by atoms with van der Waals surface area (Å²) < 4.78 is 0. The van der Waals surface area contributed by atoms with Gasteiger partial charge in [-0.15, -0.1) is 0 Å². The number of nitrogens with one attached hydrogen (secondary N) is 1. The van der Waals surface area contributed by atoms with Crippen molar-refractivity contribution in [1.29, 1.82) is 0 Å². The second-order valence-electron chi connectivity index (χ2n) is 3.13. The molecule has 1 nitrogen and oxygen atoms in total. The Kier molecular flexibility index (Phi) is 3.81. The van der Waals surface area contributed by atoms with Crippen LogP contribution >= 0.6 is 0 Å². The van der Waals surface area contributed by atoms with Crippen LogP contribution in [0.25, 0.3) is 0 Å². The molecule has 0 amide bonds. The maximum absolute atomic E-state index is 3.38. The van der Waals surface area contributed by atoms with E-state index in [2.05, 4.69) is 18.7 Å². The van der Waals surface area contributed by atoms with E-state index in [9.17, 15) is 0 Å². The van der Waals surface area contributed by atoms with Gasteiger partial charge in [0.2, 0.25) is 0 Å². The van der Waals surface area contributed by atoms with Crippen molar-refractivity contribution in [3.63, 3.8) is 0 Å². The lowest BCUT2D eigenvalue weighted by atomic mass is 9.93. The minimum absolute atomic E-state index is 0.987. The normalized spacial score (nSPS) is 21.3. The smallest absolute Gasteiger partial charge is 0.00463 e. The summed E-state index contributed by atoms with van der Waals surface area (Å²) in [5, 5.41) is 3.38. The molecule has 0 saturated carbocycles. The third-order valence-electron chi connectivity index (χ3n) is 2.25. The minimum atomic E-state index is 0.987. The number of hydrogen-bond donors (Lipinski definition) is 1. The summed E-state index contributed by atoms with van der Waals surface area (Å²) in [6, 6.07) is 0. The molecular formula is C9H18N. The van der Waals surface area contributed by atoms with Gasteiger partial charge in [0.25, 0.3) is 0 Å². The summed E-state index contributed by atoms with van der Waals surface area (Å²) >= 11 is 0. The molecule has 1 saturated heterocycles. The van der Waals surface area contributed by atoms with Gasteiger partial charge in [-0.3, -0.25) is 0 Å². The molecule has 0 spiro atoms. The molecule has 0 atom stereocenters. The minimum Gasteiger partial charge on any atom is -0.317 e. The van der Waals surface area contributed by atoms with Crippen molar-refractivity contribution in [3.05, 3.63) is 6.42 Å². The van der Waals surface area contributed by atoms with Crippen molar-refractivity contribution in [2.24, 2.45) is 5.92 Å². The quantitative estimate of drug-likeness (QED) is 0.632. The van der Waals surface area contributed by atoms with Crippen molar-refractivity contribution >= 4 is 0 Å². The molecular weight excluding hydrogens is 122 g/mol. The van der Waals surface area contributed by atoms with Crippen LogP contribution in [0.15, 0.2) is 0 Å². The highest BCUT2D eigenvalue weighted by Gasteiger charge is 2.11. The lowest BCUT2D eigenvalue weighted by molar-refractivity contribution is 0.368. The van der Waals surface area contributed by atoms with E-state index in [4.69, 9.17) is 0 Å². The predicted octanol–water partition coefficient (Wildman–Crippen LogP) is 1.99. The molecule has 1 aliphatic rings. The van der Waals surface area contributed by atoms with E-state index >= 15 is 0 Å². The van der Waals surface area contributed by atoms with Gasteiger partial charge in [-0.2, -0.15) is 0 Å². The SMILES string of the molecule is CC[CH]CC1CCNCC1. The lowest BCUT2D eigenvalue weighted by Gasteiger charge is -2.21. The molecule has 1 aliphatic heterocycles. The largest absolute Gasteiger partial charge is 0.317 e. The topological polar surface area (TPSA) is 12.0 Å². The van der Waals surface area contributed by atoms with Gasteiger partial charge in [-0.1, -0.05) is 13.3 Å². The summed E-state index contributed by atoms with van der Waals surface area (Å²) in [7, 11) is 0. The van der Waals surface area contributed by atoms with Crippen LogP contribution in [0.2, 0.25) is 0 Å². The molecule has 1 heteroatoms. The number of hydrogen-bond acceptors (Lipinski definition) is 1. The van der Waals surface area contributed by atoms with Gasteiger partial charge in [0.05, 0.1) is 0 Å². The van der Waals surface area contributed by atoms with Gasteiger partial charge in [-0.05, 0) is 44.7 Å². The maximum Gasteiger partial charge on any atom is -0.00463 e. The van der Waals surface area contributed by atoms with Crippen LogP contribution in [0.5, 0.6) is 0 Å². The second kappa shape index (κ2) is 4.73. The molecule has 1 rings (SSSR count). The van der Waals surface area contributed by atoms with Crippen LogP contribution in [-0.4, -0.2) is 13.1 Å². The van der Waals surface area contributed by atoms with E-state index in [0.717, 1.165) is 5.92 Å². The highest BCUT2D eigenvalue weighted by molar-refractivity contribution is 4.74. The first-order chi connectivity index (χ1) is 4.93. The van der Waals surface area contributed by atoms with E-state index in [-0.39, 0.29) is 0 Å². The number of rotatable bonds is 3. The van der Waals surface area contributed by atoms with Crippen molar-refractivity contribution in [2.45, 2.75) is 32.6 Å². The van der Waals surface area contributed by atoms with Crippen molar-refractivity contribution in [3.8, 4) is 0 Å². The molecule has 0 aliphatic carbocycles. The Bertz CT molecular complexity index is 74.8. The maximum atomic E-state index is 3.38. The van der Waals surface area contributed by atoms with Crippen LogP contribution in [0, 0.1) is 12.3 Å². The first-order valence-electron chi connectivity index (χ1n) is 4.46. The Morgan fingerprint density at radius 2 is 2.10 bits per heavy atom. The van der Waals surface area contributed by atoms with Crippen LogP contribution in [0.3, 0.4) is 0 Å². The Morgan fingerprint density at radius 1 is 1.40 bits per heavy atom. The first kappa shape index (κ1) is 8.06. The van der Waals surface area contributed by atoms with E-state index in [1.54, 1.807) is 0 Å². The highest BCUT2D eigenvalue weighted by atomic mass is 14.9. The van der Waals surface area contributed by atoms with Gasteiger partial charge in [0.15, 0.2) is 0 Å². The summed E-state index contributed by atoms with van der Waals surface area (Å²) in [5.41, 5.74) is 0. The Hall–Kier alpha value is -0.0400. The molecule has 0 bridgehead atoms.